The molecule has 0 radical (unpaired) electrons. The second-order valence-corrected chi connectivity index (χ2v) is 13.2. The van der Waals surface area contributed by atoms with Crippen LogP contribution in [0.25, 0.3) is 16.9 Å². The molecule has 2 aromatic carbocycles. The minimum absolute atomic E-state index is 0.0645. The smallest absolute Gasteiger partial charge is 0.274 e. The van der Waals surface area contributed by atoms with E-state index in [9.17, 15) is 13.2 Å². The van der Waals surface area contributed by atoms with Crippen molar-refractivity contribution in [3.63, 3.8) is 0 Å². The van der Waals surface area contributed by atoms with Gasteiger partial charge in [0.2, 0.25) is 0 Å². The van der Waals surface area contributed by atoms with E-state index in [4.69, 9.17) is 26.2 Å². The van der Waals surface area contributed by atoms with Gasteiger partial charge in [-0.15, -0.1) is 0 Å². The summed E-state index contributed by atoms with van der Waals surface area (Å²) in [7, 11) is -4.12. The molecule has 0 atom stereocenters. The number of nitrogens with zero attached hydrogens (tertiary/aromatic N) is 4. The lowest BCUT2D eigenvalue weighted by atomic mass is 10.0. The number of benzene rings is 2. The first-order chi connectivity index (χ1) is 19.2. The molecule has 40 heavy (non-hydrogen) atoms. The monoisotopic (exact) mass is 586 g/mol. The van der Waals surface area contributed by atoms with Gasteiger partial charge in [0, 0.05) is 37.3 Å². The Morgan fingerprint density at radius 2 is 1.80 bits per heavy atom. The van der Waals surface area contributed by atoms with Gasteiger partial charge in [-0.3, -0.25) is 9.69 Å². The van der Waals surface area contributed by atoms with Gasteiger partial charge in [-0.25, -0.2) is 17.5 Å². The van der Waals surface area contributed by atoms with Crippen LogP contribution in [0, 0.1) is 5.82 Å². The van der Waals surface area contributed by atoms with Gasteiger partial charge in [0.1, 0.15) is 4.90 Å². The minimum atomic E-state index is -4.12. The number of aromatic nitrogens is 2. The summed E-state index contributed by atoms with van der Waals surface area (Å²) < 4.78 is 54.8. The normalized spacial score (nSPS) is 21.2. The number of morpholine rings is 2. The molecular formula is C28H28ClFN4O5S. The maximum absolute atomic E-state index is 15.2. The van der Waals surface area contributed by atoms with Gasteiger partial charge in [0.15, 0.2) is 21.3 Å². The van der Waals surface area contributed by atoms with E-state index >= 15 is 4.39 Å². The molecule has 1 aromatic heterocycles. The highest BCUT2D eigenvalue weighted by atomic mass is 35.5. The van der Waals surface area contributed by atoms with E-state index in [1.54, 1.807) is 9.58 Å². The number of carbonyl (C=O) groups excluding carboxylic acids is 1. The lowest BCUT2D eigenvalue weighted by Gasteiger charge is -2.33. The first-order valence-electron chi connectivity index (χ1n) is 13.4. The van der Waals surface area contributed by atoms with Crippen LogP contribution in [0.4, 0.5) is 4.39 Å². The Morgan fingerprint density at radius 3 is 2.52 bits per heavy atom. The van der Waals surface area contributed by atoms with Crippen molar-refractivity contribution < 1.29 is 27.1 Å². The molecule has 1 amide bonds. The van der Waals surface area contributed by atoms with E-state index in [1.807, 2.05) is 24.3 Å². The van der Waals surface area contributed by atoms with Crippen LogP contribution in [0.2, 0.25) is 5.02 Å². The van der Waals surface area contributed by atoms with E-state index in [-0.39, 0.29) is 33.4 Å². The van der Waals surface area contributed by atoms with Crippen molar-refractivity contribution in [3.05, 3.63) is 64.1 Å². The molecule has 210 valence electrons. The fourth-order valence-electron chi connectivity index (χ4n) is 5.88. The molecule has 3 aliphatic heterocycles. The molecule has 3 aromatic rings. The van der Waals surface area contributed by atoms with Crippen LogP contribution in [0.5, 0.6) is 0 Å². The van der Waals surface area contributed by atoms with Crippen molar-refractivity contribution in [3.8, 4) is 16.9 Å². The zero-order valence-corrected chi connectivity index (χ0v) is 23.3. The van der Waals surface area contributed by atoms with Gasteiger partial charge < -0.3 is 14.4 Å². The first kappa shape index (κ1) is 26.1. The summed E-state index contributed by atoms with van der Waals surface area (Å²) in [5.74, 6) is -1.88. The van der Waals surface area contributed by atoms with Gasteiger partial charge in [-0.05, 0) is 42.7 Å². The van der Waals surface area contributed by atoms with Crippen molar-refractivity contribution in [1.29, 1.82) is 0 Å². The lowest BCUT2D eigenvalue weighted by Crippen LogP contribution is -2.47. The summed E-state index contributed by atoms with van der Waals surface area (Å²) in [6.45, 7) is 5.18. The first-order valence-corrected chi connectivity index (χ1v) is 15.4. The number of ether oxygens (including phenoxy) is 2. The highest BCUT2D eigenvalue weighted by Crippen LogP contribution is 2.45. The molecule has 3 fully saturated rings. The van der Waals surface area contributed by atoms with Crippen LogP contribution in [-0.4, -0.2) is 85.5 Å². The van der Waals surface area contributed by atoms with Crippen LogP contribution in [-0.2, 0) is 31.6 Å². The zero-order valence-electron chi connectivity index (χ0n) is 21.7. The predicted molar refractivity (Wildman–Crippen MR) is 145 cm³/mol. The molecule has 4 heterocycles. The van der Waals surface area contributed by atoms with E-state index < -0.39 is 26.3 Å². The molecule has 0 unspecified atom stereocenters. The van der Waals surface area contributed by atoms with Crippen LogP contribution in [0.15, 0.2) is 41.3 Å². The van der Waals surface area contributed by atoms with Crippen molar-refractivity contribution in [2.75, 3.05) is 46.0 Å². The van der Waals surface area contributed by atoms with Gasteiger partial charge in [0.25, 0.3) is 5.91 Å². The maximum Gasteiger partial charge on any atom is 0.274 e. The molecule has 1 aliphatic carbocycles. The third-order valence-corrected chi connectivity index (χ3v) is 10.2. The van der Waals surface area contributed by atoms with Gasteiger partial charge >= 0.3 is 0 Å². The molecule has 12 heteroatoms. The Hall–Kier alpha value is -2.83. The quantitative estimate of drug-likeness (QED) is 0.462. The molecular weight excluding hydrogens is 559 g/mol. The number of hydrogen-bond acceptors (Lipinski definition) is 7. The summed E-state index contributed by atoms with van der Waals surface area (Å²) in [6, 6.07) is 10.6. The molecule has 7 rings (SSSR count). The summed E-state index contributed by atoms with van der Waals surface area (Å²) in [5, 5.41) is 4.43. The molecule has 1 saturated carbocycles. The van der Waals surface area contributed by atoms with Crippen LogP contribution < -0.4 is 0 Å². The van der Waals surface area contributed by atoms with Crippen molar-refractivity contribution in [2.24, 2.45) is 0 Å². The summed E-state index contributed by atoms with van der Waals surface area (Å²) in [6.07, 6.45) is 1.78. The van der Waals surface area contributed by atoms with E-state index in [0.717, 1.165) is 38.0 Å². The van der Waals surface area contributed by atoms with Crippen molar-refractivity contribution in [2.45, 2.75) is 35.6 Å². The Balaban J connectivity index is 1.33. The predicted octanol–water partition coefficient (Wildman–Crippen LogP) is 3.46. The molecule has 0 N–H and O–H groups in total. The largest absolute Gasteiger partial charge is 0.379 e. The SMILES string of the molecule is O=C(c1nn(-c2ccc(CN3CCOCC3)cc2)c2c1CS(=O)(=O)c1c-2ccc(Cl)c1F)N1CCOC2(CC2)C1. The molecule has 9 nitrogen and oxygen atoms in total. The second kappa shape index (κ2) is 9.63. The van der Waals surface area contributed by atoms with Gasteiger partial charge in [-0.1, -0.05) is 23.7 Å². The van der Waals surface area contributed by atoms with Crippen molar-refractivity contribution in [1.82, 2.24) is 19.6 Å². The molecule has 1 spiro atoms. The number of fused-ring (bicyclic) bond motifs is 3. The van der Waals surface area contributed by atoms with Gasteiger partial charge in [0.05, 0.1) is 54.1 Å². The van der Waals surface area contributed by atoms with Crippen LogP contribution >= 0.6 is 11.6 Å². The Bertz CT molecular complexity index is 1610. The fourth-order valence-corrected chi connectivity index (χ4v) is 7.77. The Labute approximate surface area is 236 Å². The van der Waals surface area contributed by atoms with E-state index in [2.05, 4.69) is 4.90 Å². The number of hydrogen-bond donors (Lipinski definition) is 0. The second-order valence-electron chi connectivity index (χ2n) is 10.9. The highest BCUT2D eigenvalue weighted by molar-refractivity contribution is 7.91. The Morgan fingerprint density at radius 1 is 1.05 bits per heavy atom. The molecule has 0 bridgehead atoms. The average Bonchev–Trinajstić information content (AvgIpc) is 3.58. The maximum atomic E-state index is 15.2. The minimum Gasteiger partial charge on any atom is -0.379 e. The standard InChI is InChI=1S/C28H28ClFN4O5S/c29-22-6-5-20-25-21(16-40(36,37)26(20)23(22)30)24(27(35)33-11-14-39-28(17-33)7-8-28)31-34(25)19-3-1-18(2-4-19)15-32-9-12-38-13-10-32/h1-6H,7-17H2. The number of halogens is 2. The molecule has 2 saturated heterocycles. The van der Waals surface area contributed by atoms with Crippen molar-refractivity contribution >= 4 is 27.3 Å². The van der Waals surface area contributed by atoms with Crippen LogP contribution in [0.1, 0.15) is 34.5 Å². The number of sulfone groups is 1. The third kappa shape index (κ3) is 4.44. The summed E-state index contributed by atoms with van der Waals surface area (Å²) in [5.41, 5.74) is 2.31. The van der Waals surface area contributed by atoms with Gasteiger partial charge in [-0.2, -0.15) is 5.10 Å². The third-order valence-electron chi connectivity index (χ3n) is 8.17. The Kier molecular flexibility index (Phi) is 6.28. The van der Waals surface area contributed by atoms with E-state index in [0.29, 0.717) is 44.3 Å². The lowest BCUT2D eigenvalue weighted by molar-refractivity contribution is -0.0377. The number of carbonyl (C=O) groups is 1. The summed E-state index contributed by atoms with van der Waals surface area (Å²) in [4.78, 5) is 17.4. The highest BCUT2D eigenvalue weighted by Gasteiger charge is 2.49. The summed E-state index contributed by atoms with van der Waals surface area (Å²) >= 11 is 6.00. The molecule has 4 aliphatic rings. The van der Waals surface area contributed by atoms with Crippen LogP contribution in [0.3, 0.4) is 0 Å². The zero-order chi connectivity index (χ0) is 27.6. The number of amides is 1. The average molecular weight is 587 g/mol. The fraction of sp³-hybridized carbons (Fsp3) is 0.429. The topological polar surface area (TPSA) is 94.0 Å². The van der Waals surface area contributed by atoms with E-state index in [1.165, 1.54) is 12.1 Å². The number of rotatable bonds is 4.